The summed E-state index contributed by atoms with van der Waals surface area (Å²) in [7, 11) is -3.50. The maximum atomic E-state index is 12.4. The van der Waals surface area contributed by atoms with E-state index in [4.69, 9.17) is 16.3 Å². The third-order valence-corrected chi connectivity index (χ3v) is 6.33. The molecule has 7 nitrogen and oxygen atoms in total. The number of ether oxygens (including phenoxy) is 1. The number of amides is 1. The van der Waals surface area contributed by atoms with Gasteiger partial charge in [-0.15, -0.1) is 0 Å². The lowest BCUT2D eigenvalue weighted by Crippen LogP contribution is -2.49. The predicted molar refractivity (Wildman–Crippen MR) is 113 cm³/mol. The highest BCUT2D eigenvalue weighted by Crippen LogP contribution is 2.21. The minimum Gasteiger partial charge on any atom is -0.452 e. The van der Waals surface area contributed by atoms with Gasteiger partial charge in [0.25, 0.3) is 5.91 Å². The second-order valence-corrected chi connectivity index (χ2v) is 9.56. The van der Waals surface area contributed by atoms with Crippen molar-refractivity contribution >= 4 is 33.3 Å². The van der Waals surface area contributed by atoms with Crippen molar-refractivity contribution in [2.24, 2.45) is 0 Å². The van der Waals surface area contributed by atoms with Crippen LogP contribution in [0.3, 0.4) is 0 Å². The van der Waals surface area contributed by atoms with Crippen molar-refractivity contribution < 1.29 is 22.7 Å². The van der Waals surface area contributed by atoms with Gasteiger partial charge in [0.2, 0.25) is 0 Å². The fourth-order valence-corrected chi connectivity index (χ4v) is 4.03. The number of sulfone groups is 1. The third-order valence-electron chi connectivity index (χ3n) is 4.89. The topological polar surface area (TPSA) is 84.0 Å². The zero-order chi connectivity index (χ0) is 21.7. The van der Waals surface area contributed by atoms with Gasteiger partial charge < -0.3 is 9.64 Å². The number of hydrogen-bond acceptors (Lipinski definition) is 6. The first-order valence-corrected chi connectivity index (χ1v) is 11.7. The highest BCUT2D eigenvalue weighted by molar-refractivity contribution is 7.90. The highest BCUT2D eigenvalue weighted by Gasteiger charge is 2.23. The Morgan fingerprint density at radius 1 is 1.03 bits per heavy atom. The minimum atomic E-state index is -3.50. The molecule has 0 N–H and O–H groups in total. The monoisotopic (exact) mass is 450 g/mol. The zero-order valence-electron chi connectivity index (χ0n) is 16.6. The maximum Gasteiger partial charge on any atom is 0.340 e. The number of carbonyl (C=O) groups excluding carboxylic acids is 2. The number of piperazine rings is 1. The maximum absolute atomic E-state index is 12.4. The van der Waals surface area contributed by atoms with Crippen LogP contribution in [-0.2, 0) is 25.9 Å². The van der Waals surface area contributed by atoms with Gasteiger partial charge in [-0.05, 0) is 23.8 Å². The van der Waals surface area contributed by atoms with Crippen molar-refractivity contribution in [3.05, 3.63) is 64.7 Å². The third kappa shape index (κ3) is 5.81. The van der Waals surface area contributed by atoms with E-state index < -0.39 is 22.4 Å². The molecule has 0 spiro atoms. The standard InChI is InChI=1S/C21H23ClN2O5S/c1-30(27,28)17-7-8-19(22)18(13-17)21(26)29-15-20(25)24-11-9-23(10-12-24)14-16-5-3-2-4-6-16/h2-8,13H,9-12,14-15H2,1H3. The van der Waals surface area contributed by atoms with E-state index in [1.54, 1.807) is 4.90 Å². The van der Waals surface area contributed by atoms with Crippen LogP contribution in [0.25, 0.3) is 0 Å². The number of rotatable bonds is 6. The summed E-state index contributed by atoms with van der Waals surface area (Å²) in [6.45, 7) is 2.97. The van der Waals surface area contributed by atoms with E-state index in [9.17, 15) is 18.0 Å². The number of carbonyl (C=O) groups is 2. The van der Waals surface area contributed by atoms with Crippen LogP contribution in [-0.4, -0.2) is 69.1 Å². The van der Waals surface area contributed by atoms with Crippen LogP contribution < -0.4 is 0 Å². The molecular weight excluding hydrogens is 428 g/mol. The quantitative estimate of drug-likeness (QED) is 0.627. The molecule has 9 heteroatoms. The van der Waals surface area contributed by atoms with Crippen molar-refractivity contribution in [2.45, 2.75) is 11.4 Å². The molecule has 30 heavy (non-hydrogen) atoms. The minimum absolute atomic E-state index is 0.0419. The van der Waals surface area contributed by atoms with Crippen molar-refractivity contribution in [2.75, 3.05) is 39.0 Å². The summed E-state index contributed by atoms with van der Waals surface area (Å²) in [5.41, 5.74) is 1.14. The van der Waals surface area contributed by atoms with Crippen molar-refractivity contribution in [3.63, 3.8) is 0 Å². The van der Waals surface area contributed by atoms with Crippen LogP contribution in [0.15, 0.2) is 53.4 Å². The van der Waals surface area contributed by atoms with Crippen LogP contribution in [0.5, 0.6) is 0 Å². The molecule has 1 amide bonds. The lowest BCUT2D eigenvalue weighted by Gasteiger charge is -2.34. The summed E-state index contributed by atoms with van der Waals surface area (Å²) in [5.74, 6) is -1.13. The Kier molecular flexibility index (Phi) is 7.12. The normalized spacial score (nSPS) is 15.1. The summed E-state index contributed by atoms with van der Waals surface area (Å²) in [6, 6.07) is 13.9. The number of hydrogen-bond donors (Lipinski definition) is 0. The van der Waals surface area contributed by atoms with E-state index in [1.165, 1.54) is 17.7 Å². The van der Waals surface area contributed by atoms with Crippen LogP contribution in [0, 0.1) is 0 Å². The number of benzene rings is 2. The summed E-state index contributed by atoms with van der Waals surface area (Å²) in [6.07, 6.45) is 1.03. The van der Waals surface area contributed by atoms with Gasteiger partial charge in [-0.3, -0.25) is 9.69 Å². The van der Waals surface area contributed by atoms with E-state index in [2.05, 4.69) is 17.0 Å². The molecule has 3 rings (SSSR count). The Labute approximate surface area is 181 Å². The second kappa shape index (κ2) is 9.59. The summed E-state index contributed by atoms with van der Waals surface area (Å²) in [4.78, 5) is 28.6. The molecule has 1 aliphatic rings. The first kappa shape index (κ1) is 22.3. The molecule has 160 valence electrons. The van der Waals surface area contributed by atoms with E-state index in [-0.39, 0.29) is 21.4 Å². The van der Waals surface area contributed by atoms with E-state index in [0.29, 0.717) is 13.1 Å². The molecule has 0 unspecified atom stereocenters. The number of nitrogens with zero attached hydrogens (tertiary/aromatic N) is 2. The van der Waals surface area contributed by atoms with Gasteiger partial charge in [0, 0.05) is 39.0 Å². The lowest BCUT2D eigenvalue weighted by atomic mass is 10.2. The van der Waals surface area contributed by atoms with Crippen LogP contribution >= 0.6 is 11.6 Å². The molecule has 1 aliphatic heterocycles. The van der Waals surface area contributed by atoms with Gasteiger partial charge in [-0.2, -0.15) is 0 Å². The molecule has 2 aromatic rings. The molecule has 0 aliphatic carbocycles. The number of esters is 1. The van der Waals surface area contributed by atoms with E-state index >= 15 is 0 Å². The van der Waals surface area contributed by atoms with E-state index in [0.717, 1.165) is 32.0 Å². The molecule has 0 radical (unpaired) electrons. The van der Waals surface area contributed by atoms with Gasteiger partial charge >= 0.3 is 5.97 Å². The molecular formula is C21H23ClN2O5S. The Morgan fingerprint density at radius 2 is 1.70 bits per heavy atom. The average molecular weight is 451 g/mol. The first-order valence-electron chi connectivity index (χ1n) is 9.45. The highest BCUT2D eigenvalue weighted by atomic mass is 35.5. The van der Waals surface area contributed by atoms with Crippen LogP contribution in [0.2, 0.25) is 5.02 Å². The molecule has 2 aromatic carbocycles. The Morgan fingerprint density at radius 3 is 2.33 bits per heavy atom. The smallest absolute Gasteiger partial charge is 0.340 e. The summed E-state index contributed by atoms with van der Waals surface area (Å²) < 4.78 is 28.4. The lowest BCUT2D eigenvalue weighted by molar-refractivity contribution is -0.136. The van der Waals surface area contributed by atoms with Crippen molar-refractivity contribution in [3.8, 4) is 0 Å². The number of halogens is 1. The average Bonchev–Trinajstić information content (AvgIpc) is 2.72. The van der Waals surface area contributed by atoms with Gasteiger partial charge in [-0.25, -0.2) is 13.2 Å². The first-order chi connectivity index (χ1) is 14.2. The fraction of sp³-hybridized carbons (Fsp3) is 0.333. The van der Waals surface area contributed by atoms with Crippen molar-refractivity contribution in [1.29, 1.82) is 0 Å². The molecule has 0 aromatic heterocycles. The van der Waals surface area contributed by atoms with Gasteiger partial charge in [0.05, 0.1) is 15.5 Å². The van der Waals surface area contributed by atoms with Gasteiger partial charge in [0.15, 0.2) is 16.4 Å². The molecule has 0 bridgehead atoms. The van der Waals surface area contributed by atoms with Crippen molar-refractivity contribution in [1.82, 2.24) is 9.80 Å². The summed E-state index contributed by atoms with van der Waals surface area (Å²) >= 11 is 5.99. The Balaban J connectivity index is 1.51. The van der Waals surface area contributed by atoms with Crippen LogP contribution in [0.1, 0.15) is 15.9 Å². The van der Waals surface area contributed by atoms with E-state index in [1.807, 2.05) is 18.2 Å². The molecule has 1 heterocycles. The molecule has 1 fully saturated rings. The second-order valence-electron chi connectivity index (χ2n) is 7.13. The largest absolute Gasteiger partial charge is 0.452 e. The summed E-state index contributed by atoms with van der Waals surface area (Å²) in [5, 5.41) is 0.0642. The Bertz CT molecular complexity index is 1020. The SMILES string of the molecule is CS(=O)(=O)c1ccc(Cl)c(C(=O)OCC(=O)N2CCN(Cc3ccccc3)CC2)c1. The fourth-order valence-electron chi connectivity index (χ4n) is 3.18. The Hall–Kier alpha value is -2.42. The van der Waals surface area contributed by atoms with Gasteiger partial charge in [-0.1, -0.05) is 41.9 Å². The van der Waals surface area contributed by atoms with Crippen LogP contribution in [0.4, 0.5) is 0 Å². The van der Waals surface area contributed by atoms with Gasteiger partial charge in [0.1, 0.15) is 0 Å². The molecule has 0 saturated carbocycles. The molecule has 1 saturated heterocycles. The predicted octanol–water partition coefficient (Wildman–Crippen LogP) is 2.24. The zero-order valence-corrected chi connectivity index (χ0v) is 18.2. The molecule has 0 atom stereocenters.